The Hall–Kier alpha value is -2.56. The maximum atomic E-state index is 11.7. The number of carbonyl (C=O) groups is 1. The van der Waals surface area contributed by atoms with E-state index in [0.29, 0.717) is 5.69 Å². The molecular weight excluding hydrogens is 234 g/mol. The van der Waals surface area contributed by atoms with E-state index in [-0.39, 0.29) is 0 Å². The van der Waals surface area contributed by atoms with Crippen molar-refractivity contribution in [3.63, 3.8) is 0 Å². The van der Waals surface area contributed by atoms with Crippen LogP contribution in [0.5, 0.6) is 5.75 Å². The Labute approximate surface area is 103 Å². The Morgan fingerprint density at radius 3 is 2.50 bits per heavy atom. The van der Waals surface area contributed by atoms with Crippen LogP contribution in [0.25, 0.3) is 11.3 Å². The van der Waals surface area contributed by atoms with E-state index >= 15 is 0 Å². The van der Waals surface area contributed by atoms with Crippen molar-refractivity contribution in [3.05, 3.63) is 52.3 Å². The lowest BCUT2D eigenvalue weighted by Crippen LogP contribution is -2.19. The minimum Gasteiger partial charge on any atom is -0.507 e. The van der Waals surface area contributed by atoms with Gasteiger partial charge in [-0.3, -0.25) is 4.79 Å². The molecule has 0 aliphatic carbocycles. The average Bonchev–Trinajstić information content (AvgIpc) is 2.38. The van der Waals surface area contributed by atoms with E-state index in [9.17, 15) is 14.7 Å². The van der Waals surface area contributed by atoms with E-state index in [1.807, 2.05) is 6.07 Å². The number of aromatic amines is 1. The van der Waals surface area contributed by atoms with Crippen molar-refractivity contribution in [2.75, 3.05) is 7.11 Å². The fraction of sp³-hybridized carbons (Fsp3) is 0.0769. The molecule has 0 aliphatic heterocycles. The zero-order valence-corrected chi connectivity index (χ0v) is 9.64. The molecule has 0 atom stereocenters. The van der Waals surface area contributed by atoms with Crippen molar-refractivity contribution in [1.29, 1.82) is 0 Å². The largest absolute Gasteiger partial charge is 0.507 e. The molecule has 1 aromatic heterocycles. The second kappa shape index (κ2) is 4.75. The monoisotopic (exact) mass is 245 g/mol. The second-order valence-corrected chi connectivity index (χ2v) is 3.63. The predicted octanol–water partition coefficient (Wildman–Crippen LogP) is 1.53. The minimum atomic E-state index is -0.867. The predicted molar refractivity (Wildman–Crippen MR) is 65.5 cm³/mol. The number of pyridine rings is 1. The summed E-state index contributed by atoms with van der Waals surface area (Å²) in [5.74, 6) is -1.27. The lowest BCUT2D eigenvalue weighted by Gasteiger charge is -2.05. The lowest BCUT2D eigenvalue weighted by molar-refractivity contribution is 0.0595. The number of nitrogens with one attached hydrogen (secondary N) is 1. The second-order valence-electron chi connectivity index (χ2n) is 3.63. The Morgan fingerprint density at radius 1 is 1.28 bits per heavy atom. The van der Waals surface area contributed by atoms with Gasteiger partial charge in [-0.2, -0.15) is 0 Å². The number of benzene rings is 1. The van der Waals surface area contributed by atoms with E-state index in [4.69, 9.17) is 0 Å². The van der Waals surface area contributed by atoms with Crippen molar-refractivity contribution in [3.8, 4) is 17.0 Å². The molecule has 0 fully saturated rings. The van der Waals surface area contributed by atoms with Gasteiger partial charge in [0.15, 0.2) is 5.56 Å². The van der Waals surface area contributed by atoms with Crippen molar-refractivity contribution in [1.82, 2.24) is 4.98 Å². The Morgan fingerprint density at radius 2 is 1.94 bits per heavy atom. The van der Waals surface area contributed by atoms with E-state index < -0.39 is 22.8 Å². The molecule has 2 rings (SSSR count). The molecule has 5 nitrogen and oxygen atoms in total. The number of aromatic hydroxyl groups is 1. The van der Waals surface area contributed by atoms with Gasteiger partial charge in [-0.1, -0.05) is 30.3 Å². The molecule has 5 heteroatoms. The molecule has 1 aromatic carbocycles. The molecule has 92 valence electrons. The highest BCUT2D eigenvalue weighted by molar-refractivity contribution is 5.92. The molecule has 0 spiro atoms. The van der Waals surface area contributed by atoms with Gasteiger partial charge in [0.1, 0.15) is 5.75 Å². The number of hydrogen-bond acceptors (Lipinski definition) is 4. The van der Waals surface area contributed by atoms with Gasteiger partial charge in [0.05, 0.1) is 12.8 Å². The van der Waals surface area contributed by atoms with E-state index in [1.54, 1.807) is 24.3 Å². The zero-order valence-electron chi connectivity index (χ0n) is 9.64. The Balaban J connectivity index is 2.57. The quantitative estimate of drug-likeness (QED) is 0.786. The normalized spacial score (nSPS) is 10.1. The van der Waals surface area contributed by atoms with Crippen LogP contribution in [0.4, 0.5) is 0 Å². The molecular formula is C13H11NO4. The molecule has 1 heterocycles. The topological polar surface area (TPSA) is 79.4 Å². The molecule has 0 bridgehead atoms. The van der Waals surface area contributed by atoms with Gasteiger partial charge in [-0.15, -0.1) is 0 Å². The summed E-state index contributed by atoms with van der Waals surface area (Å²) in [5, 5.41) is 9.71. The van der Waals surface area contributed by atoms with Gasteiger partial charge >= 0.3 is 5.97 Å². The first-order valence-electron chi connectivity index (χ1n) is 5.23. The summed E-state index contributed by atoms with van der Waals surface area (Å²) in [6.07, 6.45) is 0. The fourth-order valence-corrected chi connectivity index (χ4v) is 1.62. The number of methoxy groups -OCH3 is 1. The maximum absolute atomic E-state index is 11.7. The summed E-state index contributed by atoms with van der Waals surface area (Å²) < 4.78 is 4.42. The molecule has 2 N–H and O–H groups in total. The first-order chi connectivity index (χ1) is 8.63. The number of hydrogen-bond donors (Lipinski definition) is 2. The van der Waals surface area contributed by atoms with Crippen LogP contribution in [0, 0.1) is 0 Å². The fourth-order valence-electron chi connectivity index (χ4n) is 1.62. The van der Waals surface area contributed by atoms with Gasteiger partial charge in [0.25, 0.3) is 5.56 Å². The number of H-pyrrole nitrogens is 1. The Kier molecular flexibility index (Phi) is 3.14. The summed E-state index contributed by atoms with van der Waals surface area (Å²) in [7, 11) is 1.15. The zero-order chi connectivity index (χ0) is 13.1. The van der Waals surface area contributed by atoms with Crippen molar-refractivity contribution in [2.45, 2.75) is 0 Å². The molecule has 0 radical (unpaired) electrons. The first-order valence-corrected chi connectivity index (χ1v) is 5.23. The average molecular weight is 245 g/mol. The first kappa shape index (κ1) is 11.9. The third-order valence-corrected chi connectivity index (χ3v) is 2.49. The Bertz CT molecular complexity index is 631. The van der Waals surface area contributed by atoms with Gasteiger partial charge in [-0.25, -0.2) is 4.79 Å². The van der Waals surface area contributed by atoms with Crippen LogP contribution < -0.4 is 5.56 Å². The molecule has 0 saturated carbocycles. The summed E-state index contributed by atoms with van der Waals surface area (Å²) in [6.45, 7) is 0. The van der Waals surface area contributed by atoms with E-state index in [1.165, 1.54) is 6.07 Å². The smallest absolute Gasteiger partial charge is 0.347 e. The summed E-state index contributed by atoms with van der Waals surface area (Å²) in [5.41, 5.74) is 0.102. The molecule has 0 unspecified atom stereocenters. The molecule has 0 amide bonds. The number of esters is 1. The summed E-state index contributed by atoms with van der Waals surface area (Å²) in [6, 6.07) is 10.3. The highest BCUT2D eigenvalue weighted by Gasteiger charge is 2.17. The third-order valence-electron chi connectivity index (χ3n) is 2.49. The van der Waals surface area contributed by atoms with Crippen molar-refractivity contribution in [2.24, 2.45) is 0 Å². The molecule has 0 saturated heterocycles. The molecule has 18 heavy (non-hydrogen) atoms. The van der Waals surface area contributed by atoms with Crippen LogP contribution in [0.15, 0.2) is 41.2 Å². The number of carbonyl (C=O) groups excluding carboxylic acids is 1. The SMILES string of the molecule is COC(=O)c1c(O)cc(-c2ccccc2)[nH]c1=O. The standard InChI is InChI=1S/C13H11NO4/c1-18-13(17)11-10(15)7-9(14-12(11)16)8-5-3-2-4-6-8/h2-7H,1H3,(H2,14,15,16). The van der Waals surface area contributed by atoms with Gasteiger partial charge < -0.3 is 14.8 Å². The maximum Gasteiger partial charge on any atom is 0.347 e. The summed E-state index contributed by atoms with van der Waals surface area (Å²) >= 11 is 0. The van der Waals surface area contributed by atoms with Crippen LogP contribution >= 0.6 is 0 Å². The highest BCUT2D eigenvalue weighted by atomic mass is 16.5. The van der Waals surface area contributed by atoms with Crippen LogP contribution in [0.1, 0.15) is 10.4 Å². The van der Waals surface area contributed by atoms with Crippen LogP contribution in [0.2, 0.25) is 0 Å². The highest BCUT2D eigenvalue weighted by Crippen LogP contribution is 2.21. The number of rotatable bonds is 2. The van der Waals surface area contributed by atoms with Gasteiger partial charge in [0, 0.05) is 6.07 Å². The van der Waals surface area contributed by atoms with Crippen LogP contribution in [0.3, 0.4) is 0 Å². The van der Waals surface area contributed by atoms with E-state index in [2.05, 4.69) is 9.72 Å². The number of aromatic nitrogens is 1. The van der Waals surface area contributed by atoms with Crippen LogP contribution in [-0.2, 0) is 4.74 Å². The van der Waals surface area contributed by atoms with Gasteiger partial charge in [-0.05, 0) is 5.56 Å². The number of ether oxygens (including phenoxy) is 1. The summed E-state index contributed by atoms with van der Waals surface area (Å²) in [4.78, 5) is 25.6. The molecule has 0 aliphatic rings. The molecule has 2 aromatic rings. The van der Waals surface area contributed by atoms with Crippen LogP contribution in [-0.4, -0.2) is 23.2 Å². The minimum absolute atomic E-state index is 0.391. The van der Waals surface area contributed by atoms with Crippen molar-refractivity contribution < 1.29 is 14.6 Å². The lowest BCUT2D eigenvalue weighted by atomic mass is 10.1. The van der Waals surface area contributed by atoms with Gasteiger partial charge in [0.2, 0.25) is 0 Å². The third kappa shape index (κ3) is 2.10. The van der Waals surface area contributed by atoms with E-state index in [0.717, 1.165) is 12.7 Å². The van der Waals surface area contributed by atoms with Crippen molar-refractivity contribution >= 4 is 5.97 Å².